The molecule has 9 heteroatoms. The number of anilines is 1. The van der Waals surface area contributed by atoms with E-state index >= 15 is 0 Å². The van der Waals surface area contributed by atoms with Crippen LogP contribution in [0, 0.1) is 17.0 Å². The first kappa shape index (κ1) is 19.1. The summed E-state index contributed by atoms with van der Waals surface area (Å²) >= 11 is 0. The van der Waals surface area contributed by atoms with Gasteiger partial charge in [0.25, 0.3) is 11.6 Å². The van der Waals surface area contributed by atoms with Crippen molar-refractivity contribution in [3.63, 3.8) is 0 Å². The lowest BCUT2D eigenvalue weighted by Gasteiger charge is -2.07. The van der Waals surface area contributed by atoms with Gasteiger partial charge in [0.15, 0.2) is 5.76 Å². The van der Waals surface area contributed by atoms with E-state index in [1.165, 1.54) is 30.5 Å². The molecule has 0 saturated carbocycles. The predicted molar refractivity (Wildman–Crippen MR) is 109 cm³/mol. The summed E-state index contributed by atoms with van der Waals surface area (Å²) in [5.41, 5.74) is 2.31. The van der Waals surface area contributed by atoms with Crippen molar-refractivity contribution in [2.24, 2.45) is 0 Å². The molecule has 0 fully saturated rings. The maximum atomic E-state index is 13.0. The first-order chi connectivity index (χ1) is 14.5. The fraction of sp³-hybridized carbons (Fsp3) is 0.0952. The van der Waals surface area contributed by atoms with E-state index in [9.17, 15) is 14.9 Å². The average molecular weight is 403 g/mol. The van der Waals surface area contributed by atoms with Gasteiger partial charge in [-0.05, 0) is 36.8 Å². The topological polar surface area (TPSA) is 116 Å². The number of benzene rings is 2. The molecule has 0 saturated heterocycles. The minimum Gasteiger partial charge on any atom is -0.461 e. The highest BCUT2D eigenvalue weighted by Gasteiger charge is 2.20. The Kier molecular flexibility index (Phi) is 5.08. The first-order valence-corrected chi connectivity index (χ1v) is 9.11. The lowest BCUT2D eigenvalue weighted by Crippen LogP contribution is -2.17. The Morgan fingerprint density at radius 2 is 1.87 bits per heavy atom. The molecule has 0 spiro atoms. The van der Waals surface area contributed by atoms with E-state index in [0.717, 1.165) is 15.8 Å². The molecule has 2 aromatic heterocycles. The number of nitrogens with zero attached hydrogens (tertiary/aromatic N) is 4. The molecule has 0 aliphatic heterocycles. The van der Waals surface area contributed by atoms with E-state index in [-0.39, 0.29) is 23.0 Å². The Balaban J connectivity index is 1.65. The highest BCUT2D eigenvalue weighted by molar-refractivity contribution is 5.97. The molecule has 150 valence electrons. The summed E-state index contributed by atoms with van der Waals surface area (Å²) in [6.07, 6.45) is 1.49. The Morgan fingerprint density at radius 3 is 2.50 bits per heavy atom. The van der Waals surface area contributed by atoms with Crippen LogP contribution in [0.5, 0.6) is 0 Å². The zero-order valence-electron chi connectivity index (χ0n) is 16.0. The van der Waals surface area contributed by atoms with Gasteiger partial charge < -0.3 is 9.73 Å². The molecule has 9 nitrogen and oxygen atoms in total. The van der Waals surface area contributed by atoms with Crippen LogP contribution in [-0.4, -0.2) is 25.6 Å². The summed E-state index contributed by atoms with van der Waals surface area (Å²) in [4.78, 5) is 27.7. The van der Waals surface area contributed by atoms with E-state index in [1.807, 2.05) is 31.2 Å². The van der Waals surface area contributed by atoms with Gasteiger partial charge in [-0.15, -0.1) is 5.10 Å². The molecular weight excluding hydrogens is 386 g/mol. The molecule has 1 N–H and O–H groups in total. The Bertz CT molecular complexity index is 1180. The zero-order valence-corrected chi connectivity index (χ0v) is 16.0. The lowest BCUT2D eigenvalue weighted by atomic mass is 10.1. The lowest BCUT2D eigenvalue weighted by molar-refractivity contribution is -0.384. The van der Waals surface area contributed by atoms with Gasteiger partial charge in [0, 0.05) is 24.2 Å². The number of hydrogen-bond donors (Lipinski definition) is 1. The quantitative estimate of drug-likeness (QED) is 0.381. The van der Waals surface area contributed by atoms with Gasteiger partial charge in [-0.25, -0.2) is 0 Å². The van der Waals surface area contributed by atoms with Crippen LogP contribution in [0.3, 0.4) is 0 Å². The average Bonchev–Trinajstić information content (AvgIpc) is 3.43. The summed E-state index contributed by atoms with van der Waals surface area (Å²) in [6.45, 7) is 2.44. The van der Waals surface area contributed by atoms with E-state index in [2.05, 4.69) is 15.4 Å². The Hall–Kier alpha value is -4.27. The first-order valence-electron chi connectivity index (χ1n) is 9.11. The van der Waals surface area contributed by atoms with Crippen molar-refractivity contribution < 1.29 is 14.1 Å². The van der Waals surface area contributed by atoms with E-state index < -0.39 is 10.8 Å². The molecule has 2 aromatic carbocycles. The molecule has 0 amide bonds. The van der Waals surface area contributed by atoms with Crippen molar-refractivity contribution in [3.05, 3.63) is 93.7 Å². The number of hydrogen-bond acceptors (Lipinski definition) is 7. The second kappa shape index (κ2) is 8.00. The number of nitro groups is 1. The van der Waals surface area contributed by atoms with Crippen LogP contribution in [0.2, 0.25) is 0 Å². The van der Waals surface area contributed by atoms with Crippen LogP contribution < -0.4 is 5.32 Å². The highest BCUT2D eigenvalue weighted by Crippen LogP contribution is 2.21. The minimum absolute atomic E-state index is 0.0980. The van der Waals surface area contributed by atoms with Crippen LogP contribution in [0.4, 0.5) is 11.6 Å². The summed E-state index contributed by atoms with van der Waals surface area (Å²) in [5.74, 6) is 0.442. The largest absolute Gasteiger partial charge is 0.461 e. The molecule has 0 radical (unpaired) electrons. The number of aromatic nitrogens is 3. The standard InChI is InChI=1S/C21H17N5O4/c1-14-4-6-15(7-5-14)13-22-21-23-19(18-3-2-12-30-18)24-25(21)20(27)16-8-10-17(11-9-16)26(28)29/h2-12H,13H2,1H3,(H,22,23,24). The molecule has 0 bridgehead atoms. The monoisotopic (exact) mass is 403 g/mol. The number of rotatable bonds is 6. The van der Waals surface area contributed by atoms with Gasteiger partial charge >= 0.3 is 0 Å². The van der Waals surface area contributed by atoms with Gasteiger partial charge in [-0.3, -0.25) is 14.9 Å². The molecule has 0 atom stereocenters. The van der Waals surface area contributed by atoms with Crippen LogP contribution >= 0.6 is 0 Å². The second-order valence-electron chi connectivity index (χ2n) is 6.60. The van der Waals surface area contributed by atoms with E-state index in [4.69, 9.17) is 4.42 Å². The summed E-state index contributed by atoms with van der Waals surface area (Å²) in [7, 11) is 0. The van der Waals surface area contributed by atoms with Gasteiger partial charge in [0.2, 0.25) is 11.8 Å². The van der Waals surface area contributed by atoms with Crippen molar-refractivity contribution in [3.8, 4) is 11.6 Å². The number of nitrogens with one attached hydrogen (secondary N) is 1. The van der Waals surface area contributed by atoms with Crippen molar-refractivity contribution in [2.75, 3.05) is 5.32 Å². The van der Waals surface area contributed by atoms with Crippen LogP contribution in [0.1, 0.15) is 21.5 Å². The molecule has 30 heavy (non-hydrogen) atoms. The maximum absolute atomic E-state index is 13.0. The van der Waals surface area contributed by atoms with Crippen LogP contribution in [0.15, 0.2) is 71.3 Å². The number of carbonyl (C=O) groups excluding carboxylic acids is 1. The van der Waals surface area contributed by atoms with E-state index in [1.54, 1.807) is 12.1 Å². The van der Waals surface area contributed by atoms with Crippen molar-refractivity contribution in [2.45, 2.75) is 13.5 Å². The van der Waals surface area contributed by atoms with Crippen LogP contribution in [-0.2, 0) is 6.54 Å². The smallest absolute Gasteiger partial charge is 0.281 e. The van der Waals surface area contributed by atoms with Gasteiger partial charge in [-0.2, -0.15) is 9.67 Å². The molecule has 0 aliphatic rings. The summed E-state index contributed by atoms with van der Waals surface area (Å²) in [5, 5.41) is 18.3. The van der Waals surface area contributed by atoms with Gasteiger partial charge in [0.1, 0.15) is 0 Å². The third kappa shape index (κ3) is 3.95. The Morgan fingerprint density at radius 1 is 1.13 bits per heavy atom. The zero-order chi connectivity index (χ0) is 21.1. The third-order valence-corrected chi connectivity index (χ3v) is 4.44. The second-order valence-corrected chi connectivity index (χ2v) is 6.60. The fourth-order valence-corrected chi connectivity index (χ4v) is 2.81. The number of nitro benzene ring substituents is 1. The molecule has 2 heterocycles. The fourth-order valence-electron chi connectivity index (χ4n) is 2.81. The number of carbonyl (C=O) groups is 1. The molecule has 4 aromatic rings. The van der Waals surface area contributed by atoms with Crippen LogP contribution in [0.25, 0.3) is 11.6 Å². The minimum atomic E-state index is -0.521. The molecule has 0 aliphatic carbocycles. The number of furan rings is 1. The predicted octanol–water partition coefficient (Wildman–Crippen LogP) is 4.06. The summed E-state index contributed by atoms with van der Waals surface area (Å²) in [6, 6.07) is 16.7. The van der Waals surface area contributed by atoms with Gasteiger partial charge in [0.05, 0.1) is 11.2 Å². The van der Waals surface area contributed by atoms with E-state index in [0.29, 0.717) is 12.3 Å². The highest BCUT2D eigenvalue weighted by atomic mass is 16.6. The number of aryl methyl sites for hydroxylation is 1. The normalized spacial score (nSPS) is 10.7. The molecular formula is C21H17N5O4. The van der Waals surface area contributed by atoms with Crippen molar-refractivity contribution in [1.82, 2.24) is 14.8 Å². The Labute approximate surface area is 171 Å². The third-order valence-electron chi connectivity index (χ3n) is 4.44. The van der Waals surface area contributed by atoms with Crippen molar-refractivity contribution in [1.29, 1.82) is 0 Å². The molecule has 4 rings (SSSR count). The van der Waals surface area contributed by atoms with Crippen molar-refractivity contribution >= 4 is 17.5 Å². The number of non-ortho nitro benzene ring substituents is 1. The summed E-state index contributed by atoms with van der Waals surface area (Å²) < 4.78 is 6.47. The van der Waals surface area contributed by atoms with Gasteiger partial charge in [-0.1, -0.05) is 29.8 Å². The molecule has 0 unspecified atom stereocenters. The maximum Gasteiger partial charge on any atom is 0.281 e. The SMILES string of the molecule is Cc1ccc(CNc2nc(-c3ccco3)nn2C(=O)c2ccc([N+](=O)[O-])cc2)cc1.